The summed E-state index contributed by atoms with van der Waals surface area (Å²) in [7, 11) is 0. The molecule has 1 aliphatic rings. The third kappa shape index (κ3) is 2.74. The fourth-order valence-electron chi connectivity index (χ4n) is 2.33. The molecule has 2 heterocycles. The molecule has 1 aromatic heterocycles. The number of nitrogens with one attached hydrogen (secondary N) is 1. The van der Waals surface area contributed by atoms with Crippen molar-refractivity contribution < 1.29 is 19.7 Å². The van der Waals surface area contributed by atoms with E-state index in [4.69, 9.17) is 4.74 Å². The van der Waals surface area contributed by atoms with Crippen LogP contribution >= 0.6 is 15.9 Å². The Hall–Kier alpha value is -2.55. The van der Waals surface area contributed by atoms with Crippen LogP contribution in [0, 0.1) is 0 Å². The Morgan fingerprint density at radius 1 is 1.52 bits per heavy atom. The predicted octanol–water partition coefficient (Wildman–Crippen LogP) is 2.13. The summed E-state index contributed by atoms with van der Waals surface area (Å²) in [5, 5.41) is 26.1. The largest absolute Gasteiger partial charge is 0.503 e. The maximum absolute atomic E-state index is 11.3. The molecule has 2 aromatic rings. The molecule has 8 nitrogen and oxygen atoms in total. The Labute approximate surface area is 139 Å². The molecule has 120 valence electrons. The van der Waals surface area contributed by atoms with E-state index in [1.807, 2.05) is 6.92 Å². The highest BCUT2D eigenvalue weighted by Crippen LogP contribution is 2.39. The summed E-state index contributed by atoms with van der Waals surface area (Å²) in [5.74, 6) is -0.461. The van der Waals surface area contributed by atoms with Gasteiger partial charge in [0, 0.05) is 0 Å². The van der Waals surface area contributed by atoms with Crippen molar-refractivity contribution in [2.75, 3.05) is 11.9 Å². The van der Waals surface area contributed by atoms with Crippen molar-refractivity contribution in [3.63, 3.8) is 0 Å². The van der Waals surface area contributed by atoms with Gasteiger partial charge in [-0.15, -0.1) is 0 Å². The first kappa shape index (κ1) is 15.3. The number of phenols is 1. The van der Waals surface area contributed by atoms with Gasteiger partial charge < -0.3 is 20.3 Å². The molecule has 0 amide bonds. The molecule has 0 radical (unpaired) electrons. The Bertz CT molecular complexity index is 802. The number of carbonyl (C=O) groups is 1. The number of rotatable bonds is 4. The van der Waals surface area contributed by atoms with Crippen LogP contribution in [0.3, 0.4) is 0 Å². The maximum Gasteiger partial charge on any atom is 0.352 e. The van der Waals surface area contributed by atoms with E-state index >= 15 is 0 Å². The van der Waals surface area contributed by atoms with Crippen LogP contribution in [0.15, 0.2) is 34.7 Å². The van der Waals surface area contributed by atoms with E-state index in [1.54, 1.807) is 16.8 Å². The van der Waals surface area contributed by atoms with Crippen LogP contribution in [-0.2, 0) is 4.79 Å². The molecule has 0 aliphatic carbocycles. The van der Waals surface area contributed by atoms with Gasteiger partial charge in [0.05, 0.1) is 11.1 Å². The van der Waals surface area contributed by atoms with E-state index < -0.39 is 12.0 Å². The van der Waals surface area contributed by atoms with E-state index in [0.29, 0.717) is 28.3 Å². The second-order valence-corrected chi connectivity index (χ2v) is 5.62. The Kier molecular flexibility index (Phi) is 3.95. The van der Waals surface area contributed by atoms with Crippen LogP contribution in [0.25, 0.3) is 0 Å². The molecule has 0 saturated carbocycles. The van der Waals surface area contributed by atoms with Crippen LogP contribution in [0.2, 0.25) is 0 Å². The number of aliphatic carboxylic acids is 1. The quantitative estimate of drug-likeness (QED) is 0.744. The van der Waals surface area contributed by atoms with Crippen LogP contribution < -0.4 is 10.1 Å². The van der Waals surface area contributed by atoms with Gasteiger partial charge in [0.15, 0.2) is 11.5 Å². The van der Waals surface area contributed by atoms with Crippen molar-refractivity contribution in [3.05, 3.63) is 40.3 Å². The summed E-state index contributed by atoms with van der Waals surface area (Å²) in [5.41, 5.74) is 0.711. The molecule has 1 aliphatic heterocycles. The number of carboxylic acids is 1. The number of aromatic hydroxyl groups is 1. The van der Waals surface area contributed by atoms with Gasteiger partial charge in [-0.2, -0.15) is 10.1 Å². The zero-order chi connectivity index (χ0) is 16.6. The number of hydrogen-bond acceptors (Lipinski definition) is 6. The number of benzene rings is 1. The van der Waals surface area contributed by atoms with Gasteiger partial charge >= 0.3 is 5.97 Å². The lowest BCUT2D eigenvalue weighted by Gasteiger charge is -2.23. The zero-order valence-corrected chi connectivity index (χ0v) is 13.6. The minimum atomic E-state index is -1.09. The molecule has 0 spiro atoms. The second kappa shape index (κ2) is 5.92. The molecular formula is C14H13BrN4O4. The van der Waals surface area contributed by atoms with Crippen molar-refractivity contribution in [1.29, 1.82) is 0 Å². The Balaban J connectivity index is 2.12. The van der Waals surface area contributed by atoms with Crippen molar-refractivity contribution >= 4 is 27.8 Å². The number of aromatic nitrogens is 3. The number of phenolic OH excluding ortho intramolecular Hbond substituents is 1. The van der Waals surface area contributed by atoms with Crippen molar-refractivity contribution in [1.82, 2.24) is 14.8 Å². The Morgan fingerprint density at radius 3 is 3.00 bits per heavy atom. The smallest absolute Gasteiger partial charge is 0.352 e. The minimum Gasteiger partial charge on any atom is -0.503 e. The molecule has 3 N–H and O–H groups in total. The highest BCUT2D eigenvalue weighted by Gasteiger charge is 2.27. The van der Waals surface area contributed by atoms with Crippen LogP contribution in [-0.4, -0.2) is 37.6 Å². The highest BCUT2D eigenvalue weighted by atomic mass is 79.9. The summed E-state index contributed by atoms with van der Waals surface area (Å²) < 4.78 is 7.42. The predicted molar refractivity (Wildman–Crippen MR) is 84.5 cm³/mol. The zero-order valence-electron chi connectivity index (χ0n) is 12.0. The number of allylic oxidation sites excluding steroid dienone is 1. The van der Waals surface area contributed by atoms with E-state index in [9.17, 15) is 15.0 Å². The number of nitrogens with zero attached hydrogens (tertiary/aromatic N) is 3. The van der Waals surface area contributed by atoms with Crippen molar-refractivity contribution in [2.45, 2.75) is 13.0 Å². The summed E-state index contributed by atoms with van der Waals surface area (Å²) in [6.45, 7) is 2.20. The summed E-state index contributed by atoms with van der Waals surface area (Å²) in [6.07, 6.45) is 2.87. The first-order chi connectivity index (χ1) is 11.0. The standard InChI is InChI=1S/C14H13BrN4O4/c1-2-23-11-4-7(3-8(15)12(11)20)10-5-9(13(21)22)18-14-16-6-17-19(10)14/h3-6,10,20H,2H2,1H3,(H,21,22)(H,16,17,18)/t10-/m1/s1. The van der Waals surface area contributed by atoms with Gasteiger partial charge in [0.25, 0.3) is 0 Å². The van der Waals surface area contributed by atoms with Crippen LogP contribution in [0.5, 0.6) is 11.5 Å². The number of halogens is 1. The first-order valence-corrected chi connectivity index (χ1v) is 7.57. The van der Waals surface area contributed by atoms with Gasteiger partial charge in [-0.25, -0.2) is 9.48 Å². The molecule has 1 atom stereocenters. The van der Waals surface area contributed by atoms with Gasteiger partial charge in [-0.3, -0.25) is 0 Å². The summed E-state index contributed by atoms with van der Waals surface area (Å²) in [6, 6.07) is 2.85. The summed E-state index contributed by atoms with van der Waals surface area (Å²) in [4.78, 5) is 15.3. The lowest BCUT2D eigenvalue weighted by molar-refractivity contribution is -0.132. The normalized spacial score (nSPS) is 16.3. The average molecular weight is 381 g/mol. The number of carboxylic acid groups (broad SMARTS) is 1. The van der Waals surface area contributed by atoms with Crippen LogP contribution in [0.1, 0.15) is 18.5 Å². The monoisotopic (exact) mass is 380 g/mol. The van der Waals surface area contributed by atoms with E-state index in [2.05, 4.69) is 31.3 Å². The molecule has 0 unspecified atom stereocenters. The van der Waals surface area contributed by atoms with Crippen molar-refractivity contribution in [3.8, 4) is 11.5 Å². The fraction of sp³-hybridized carbons (Fsp3) is 0.214. The molecule has 0 fully saturated rings. The molecular weight excluding hydrogens is 368 g/mol. The molecule has 0 saturated heterocycles. The van der Waals surface area contributed by atoms with Crippen molar-refractivity contribution in [2.24, 2.45) is 0 Å². The molecule has 1 aromatic carbocycles. The number of hydrogen-bond donors (Lipinski definition) is 3. The average Bonchev–Trinajstić information content (AvgIpc) is 2.99. The minimum absolute atomic E-state index is 0.00853. The SMILES string of the molecule is CCOc1cc([C@H]2C=C(C(=O)O)Nc3ncnn32)cc(Br)c1O. The van der Waals surface area contributed by atoms with Gasteiger partial charge in [-0.05, 0) is 46.6 Å². The Morgan fingerprint density at radius 2 is 2.30 bits per heavy atom. The molecule has 3 rings (SSSR count). The lowest BCUT2D eigenvalue weighted by Crippen LogP contribution is -2.24. The number of ether oxygens (including phenoxy) is 1. The van der Waals surface area contributed by atoms with Crippen LogP contribution in [0.4, 0.5) is 5.95 Å². The van der Waals surface area contributed by atoms with Gasteiger partial charge in [0.1, 0.15) is 18.1 Å². The van der Waals surface area contributed by atoms with Gasteiger partial charge in [0.2, 0.25) is 5.95 Å². The third-order valence-electron chi connectivity index (χ3n) is 3.33. The third-order valence-corrected chi connectivity index (χ3v) is 3.93. The van der Waals surface area contributed by atoms with E-state index in [0.717, 1.165) is 0 Å². The number of anilines is 1. The first-order valence-electron chi connectivity index (χ1n) is 6.78. The molecule has 0 bridgehead atoms. The van der Waals surface area contributed by atoms with Gasteiger partial charge in [-0.1, -0.05) is 0 Å². The summed E-state index contributed by atoms with van der Waals surface area (Å²) >= 11 is 3.28. The maximum atomic E-state index is 11.3. The second-order valence-electron chi connectivity index (χ2n) is 4.77. The topological polar surface area (TPSA) is 110 Å². The molecule has 9 heteroatoms. The van der Waals surface area contributed by atoms with E-state index in [1.165, 1.54) is 12.4 Å². The lowest BCUT2D eigenvalue weighted by atomic mass is 10.0. The highest BCUT2D eigenvalue weighted by molar-refractivity contribution is 9.10. The van der Waals surface area contributed by atoms with E-state index in [-0.39, 0.29) is 11.4 Å². The fourth-order valence-corrected chi connectivity index (χ4v) is 2.79. The molecule has 23 heavy (non-hydrogen) atoms. The number of fused-ring (bicyclic) bond motifs is 1.